The smallest absolute Gasteiger partial charge is 0.194 e. The minimum atomic E-state index is -0.457. The molecule has 0 unspecified atom stereocenters. The van der Waals surface area contributed by atoms with Gasteiger partial charge in [0.2, 0.25) is 0 Å². The van der Waals surface area contributed by atoms with Gasteiger partial charge in [0.15, 0.2) is 5.56 Å². The number of nitrogens with zero attached hydrogens (tertiary/aromatic N) is 1. The molecule has 22 heavy (non-hydrogen) atoms. The molecule has 0 aliphatic rings. The van der Waals surface area contributed by atoms with E-state index in [1.807, 2.05) is 6.92 Å². The van der Waals surface area contributed by atoms with Crippen LogP contribution in [-0.4, -0.2) is 11.2 Å². The van der Waals surface area contributed by atoms with Crippen LogP contribution < -0.4 is 10.3 Å². The molecule has 5 heteroatoms. The Balaban J connectivity index is 0.00000242. The summed E-state index contributed by atoms with van der Waals surface area (Å²) >= 11 is 0. The second-order valence-electron chi connectivity index (χ2n) is 4.27. The van der Waals surface area contributed by atoms with Crippen LogP contribution in [0, 0.1) is 23.7 Å². The van der Waals surface area contributed by atoms with E-state index >= 15 is 0 Å². The van der Waals surface area contributed by atoms with Crippen LogP contribution in [0.1, 0.15) is 13.8 Å². The van der Waals surface area contributed by atoms with E-state index in [0.29, 0.717) is 23.6 Å². The predicted molar refractivity (Wildman–Crippen MR) is 79.6 cm³/mol. The van der Waals surface area contributed by atoms with Crippen LogP contribution in [0.4, 0.5) is 4.39 Å². The Morgan fingerprint density at radius 2 is 2.14 bits per heavy atom. The Hall–Kier alpha value is -1.44. The van der Waals surface area contributed by atoms with E-state index in [1.165, 1.54) is 22.8 Å². The van der Waals surface area contributed by atoms with Crippen molar-refractivity contribution >= 4 is 0 Å². The average Bonchev–Trinajstić information content (AvgIpc) is 2.47. The molecule has 0 spiro atoms. The van der Waals surface area contributed by atoms with E-state index < -0.39 is 5.82 Å². The Morgan fingerprint density at radius 3 is 2.77 bits per heavy atom. The zero-order valence-corrected chi connectivity index (χ0v) is 15.4. The van der Waals surface area contributed by atoms with Crippen molar-refractivity contribution in [3.05, 3.63) is 52.6 Å². The Kier molecular flexibility index (Phi) is 7.51. The average molecular weight is 373 g/mol. The number of aromatic nitrogens is 1. The first kappa shape index (κ1) is 18.6. The van der Waals surface area contributed by atoms with Crippen molar-refractivity contribution in [3.8, 4) is 28.8 Å². The van der Waals surface area contributed by atoms with E-state index in [9.17, 15) is 9.18 Å². The fourth-order valence-electron chi connectivity index (χ4n) is 1.98. The Labute approximate surface area is 154 Å². The van der Waals surface area contributed by atoms with E-state index in [0.717, 1.165) is 0 Å². The summed E-state index contributed by atoms with van der Waals surface area (Å²) < 4.78 is 21.0. The van der Waals surface area contributed by atoms with Gasteiger partial charge >= 0.3 is 0 Å². The summed E-state index contributed by atoms with van der Waals surface area (Å²) in [5, 5.41) is 0. The van der Waals surface area contributed by atoms with Crippen molar-refractivity contribution in [3.63, 3.8) is 0 Å². The summed E-state index contributed by atoms with van der Waals surface area (Å²) in [7, 11) is 0. The predicted octanol–water partition coefficient (Wildman–Crippen LogP) is 2.87. The number of pyridine rings is 1. The summed E-state index contributed by atoms with van der Waals surface area (Å²) in [5.74, 6) is 5.39. The quantitative estimate of drug-likeness (QED) is 0.610. The van der Waals surface area contributed by atoms with Gasteiger partial charge in [-0.2, -0.15) is 12.1 Å². The van der Waals surface area contributed by atoms with Crippen LogP contribution in [0.25, 0.3) is 11.3 Å². The van der Waals surface area contributed by atoms with Crippen LogP contribution in [-0.2, 0) is 39.3 Å². The number of rotatable bonds is 4. The molecule has 0 saturated carbocycles. The van der Waals surface area contributed by atoms with Crippen molar-refractivity contribution in [2.24, 2.45) is 0 Å². The van der Waals surface area contributed by atoms with E-state index in [2.05, 4.69) is 17.9 Å². The van der Waals surface area contributed by atoms with Gasteiger partial charge in [0.25, 0.3) is 0 Å². The van der Waals surface area contributed by atoms with Crippen LogP contribution in [0.5, 0.6) is 5.75 Å². The Morgan fingerprint density at radius 1 is 1.36 bits per heavy atom. The first-order valence-electron chi connectivity index (χ1n) is 6.61. The number of benzene rings is 1. The molecule has 2 rings (SSSR count). The van der Waals surface area contributed by atoms with E-state index in [4.69, 9.17) is 4.74 Å². The maximum atomic E-state index is 14.2. The van der Waals surface area contributed by atoms with Crippen LogP contribution in [0.3, 0.4) is 0 Å². The van der Waals surface area contributed by atoms with Gasteiger partial charge in [-0.25, -0.2) is 4.39 Å². The first-order valence-corrected chi connectivity index (χ1v) is 6.61. The number of hydrogen-bond acceptors (Lipinski definition) is 2. The molecular formula is C17H15FNO2Y-. The summed E-state index contributed by atoms with van der Waals surface area (Å²) in [6.45, 7) is 4.21. The molecule has 0 aliphatic heterocycles. The third-order valence-corrected chi connectivity index (χ3v) is 2.98. The van der Waals surface area contributed by atoms with Gasteiger partial charge in [-0.3, -0.25) is 4.79 Å². The summed E-state index contributed by atoms with van der Waals surface area (Å²) in [4.78, 5) is 11.8. The first-order chi connectivity index (χ1) is 10.2. The van der Waals surface area contributed by atoms with E-state index in [-0.39, 0.29) is 44.9 Å². The third-order valence-electron chi connectivity index (χ3n) is 2.98. The van der Waals surface area contributed by atoms with Gasteiger partial charge in [0.05, 0.1) is 5.82 Å². The molecule has 0 fully saturated rings. The molecule has 0 bridgehead atoms. The van der Waals surface area contributed by atoms with Gasteiger partial charge < -0.3 is 9.30 Å². The van der Waals surface area contributed by atoms with Crippen molar-refractivity contribution < 1.29 is 41.8 Å². The molecule has 0 atom stereocenters. The monoisotopic (exact) mass is 373 g/mol. The van der Waals surface area contributed by atoms with Crippen molar-refractivity contribution in [2.45, 2.75) is 20.4 Å². The van der Waals surface area contributed by atoms with Crippen molar-refractivity contribution in [1.29, 1.82) is 0 Å². The minimum absolute atomic E-state index is 0. The van der Waals surface area contributed by atoms with Gasteiger partial charge in [-0.1, -0.05) is 23.2 Å². The van der Waals surface area contributed by atoms with E-state index in [1.54, 1.807) is 19.1 Å². The summed E-state index contributed by atoms with van der Waals surface area (Å²) in [6.07, 6.45) is 0. The van der Waals surface area contributed by atoms with Crippen LogP contribution >= 0.6 is 0 Å². The maximum Gasteiger partial charge on any atom is 0.194 e. The fraction of sp³-hybridized carbons (Fsp3) is 0.235. The molecule has 0 N–H and O–H groups in total. The van der Waals surface area contributed by atoms with Gasteiger partial charge in [-0.05, 0) is 19.9 Å². The number of halogens is 1. The zero-order chi connectivity index (χ0) is 15.2. The normalized spacial score (nSPS) is 9.41. The topological polar surface area (TPSA) is 31.2 Å². The molecule has 1 aromatic heterocycles. The molecule has 3 nitrogen and oxygen atoms in total. The molecule has 1 radical (unpaired) electrons. The van der Waals surface area contributed by atoms with Crippen molar-refractivity contribution in [1.82, 2.24) is 4.57 Å². The Bertz CT molecular complexity index is 759. The van der Waals surface area contributed by atoms with Crippen LogP contribution in [0.2, 0.25) is 0 Å². The van der Waals surface area contributed by atoms with Crippen molar-refractivity contribution in [2.75, 3.05) is 6.61 Å². The summed E-state index contributed by atoms with van der Waals surface area (Å²) in [5.41, 5.74) is 0.579. The second kappa shape index (κ2) is 8.87. The minimum Gasteiger partial charge on any atom is -0.481 e. The van der Waals surface area contributed by atoms with Crippen LogP contribution in [0.15, 0.2) is 35.1 Å². The SMILES string of the molecule is CC#CCOc1ccc(-c2[c-]ccc(=O)n2CC)c(F)c1.[Y]. The molecule has 1 heterocycles. The molecule has 0 aliphatic carbocycles. The van der Waals surface area contributed by atoms with Gasteiger partial charge in [-0.15, -0.1) is 12.0 Å². The molecule has 0 amide bonds. The second-order valence-corrected chi connectivity index (χ2v) is 4.27. The fourth-order valence-corrected chi connectivity index (χ4v) is 1.98. The number of ether oxygens (including phenoxy) is 1. The number of hydrogen-bond donors (Lipinski definition) is 0. The standard InChI is InChI=1S/C17H15FNO2.Y/c1-3-5-11-21-13-9-10-14(15(18)12-13)16-7-6-8-17(20)19(16)4-2;/h6,8-10,12H,4,11H2,1-2H3;/q-1;. The zero-order valence-electron chi connectivity index (χ0n) is 12.5. The van der Waals surface area contributed by atoms with Gasteiger partial charge in [0, 0.05) is 45.3 Å². The molecule has 0 saturated heterocycles. The molecule has 111 valence electrons. The molecular weight excluding hydrogens is 358 g/mol. The maximum absolute atomic E-state index is 14.2. The molecule has 1 aromatic carbocycles. The third kappa shape index (κ3) is 4.28. The molecule has 2 aromatic rings. The largest absolute Gasteiger partial charge is 0.481 e. The summed E-state index contributed by atoms with van der Waals surface area (Å²) in [6, 6.07) is 10.4. The van der Waals surface area contributed by atoms with Gasteiger partial charge in [0.1, 0.15) is 12.4 Å².